The van der Waals surface area contributed by atoms with Crippen molar-refractivity contribution in [2.45, 2.75) is 93.4 Å². The number of benzene rings is 2. The molecule has 50 heavy (non-hydrogen) atoms. The zero-order valence-electron chi connectivity index (χ0n) is 30.7. The molecule has 4 heterocycles. The van der Waals surface area contributed by atoms with Crippen molar-refractivity contribution in [1.82, 2.24) is 9.97 Å². The molecule has 4 aromatic heterocycles. The molecule has 0 fully saturated rings. The number of hydrogen-bond donors (Lipinski definition) is 1. The van der Waals surface area contributed by atoms with Crippen LogP contribution in [0.15, 0.2) is 93.9 Å². The van der Waals surface area contributed by atoms with Crippen molar-refractivity contribution in [3.05, 3.63) is 96.7 Å². The zero-order valence-corrected chi connectivity index (χ0v) is 33.1. The number of fused-ring (bicyclic) bond motifs is 3. The molecule has 0 unspecified atom stereocenters. The van der Waals surface area contributed by atoms with Crippen molar-refractivity contribution < 1.29 is 38.8 Å². The Morgan fingerprint density at radius 1 is 0.840 bits per heavy atom. The topological polar surface area (TPSA) is 89.4 Å². The minimum atomic E-state index is -0.337. The van der Waals surface area contributed by atoms with E-state index >= 15 is 0 Å². The van der Waals surface area contributed by atoms with Crippen molar-refractivity contribution in [3.8, 4) is 22.7 Å². The number of rotatable bonds is 9. The summed E-state index contributed by atoms with van der Waals surface area (Å²) in [6.45, 7) is 18.8. The molecular weight excluding hydrogens is 801 g/mol. The van der Waals surface area contributed by atoms with Crippen LogP contribution in [0.3, 0.4) is 0 Å². The molecule has 2 aromatic carbocycles. The van der Waals surface area contributed by atoms with Gasteiger partial charge in [-0.3, -0.25) is 9.78 Å². The summed E-state index contributed by atoms with van der Waals surface area (Å²) in [6.07, 6.45) is 9.94. The van der Waals surface area contributed by atoms with E-state index in [1.807, 2.05) is 65.8 Å². The number of nitrogens with zero attached hydrogens (tertiary/aromatic N) is 2. The first-order chi connectivity index (χ1) is 23.3. The smallest absolute Gasteiger partial charge is 0.164 e. The van der Waals surface area contributed by atoms with Gasteiger partial charge in [-0.05, 0) is 55.4 Å². The number of ketones is 1. The number of carbonyl (C=O) groups excluding carboxylic acids is 1. The second-order valence-corrected chi connectivity index (χ2v) is 14.5. The second kappa shape index (κ2) is 15.4. The van der Waals surface area contributed by atoms with E-state index in [9.17, 15) is 9.90 Å². The normalized spacial score (nSPS) is 12.5. The summed E-state index contributed by atoms with van der Waals surface area (Å²) in [5, 5.41) is 14.4. The minimum Gasteiger partial charge on any atom is -0.512 e. The Morgan fingerprint density at radius 2 is 1.52 bits per heavy atom. The van der Waals surface area contributed by atoms with Gasteiger partial charge in [0.25, 0.3) is 0 Å². The first-order valence-electron chi connectivity index (χ1n) is 17.4. The Balaban J connectivity index is 0.000000269. The number of hydrogen-bond acceptors (Lipinski definition) is 6. The van der Waals surface area contributed by atoms with E-state index in [1.165, 1.54) is 17.0 Å². The standard InChI is InChI=1S/C28H21N2O2.C15H28O2.Ir/c1-28(2,3)22-13-19(12-17-6-4-5-7-20(17)22)27-21-15-25(32-24(21)8-10-29-27)23-14-18-9-11-31-26(18)16-30-23;1-7-14(5,8-2)12(16)11-13(17)15(6,9-3)10-4;/h4-11,13-16H,1-3H3;11,16H,7-10H2,1-6H3;/q-1;;/b;12-11-;. The summed E-state index contributed by atoms with van der Waals surface area (Å²) in [5.74, 6) is 0.989. The zero-order chi connectivity index (χ0) is 35.6. The summed E-state index contributed by atoms with van der Waals surface area (Å²) in [4.78, 5) is 21.4. The van der Waals surface area contributed by atoms with Gasteiger partial charge in [-0.25, -0.2) is 4.98 Å². The van der Waals surface area contributed by atoms with Crippen LogP contribution in [0.1, 0.15) is 93.6 Å². The number of furan rings is 2. The average molecular weight is 850 g/mol. The van der Waals surface area contributed by atoms with Crippen LogP contribution in [-0.4, -0.2) is 20.9 Å². The van der Waals surface area contributed by atoms with Crippen LogP contribution in [0.2, 0.25) is 0 Å². The van der Waals surface area contributed by atoms with Crippen LogP contribution in [0.25, 0.3) is 55.4 Å². The number of pyridine rings is 2. The summed E-state index contributed by atoms with van der Waals surface area (Å²) in [5.41, 5.74) is 4.78. The Kier molecular flexibility index (Phi) is 12.0. The molecule has 0 amide bonds. The van der Waals surface area contributed by atoms with Crippen molar-refractivity contribution in [2.75, 3.05) is 0 Å². The average Bonchev–Trinajstić information content (AvgIpc) is 3.77. The maximum Gasteiger partial charge on any atom is 0.164 e. The van der Waals surface area contributed by atoms with Crippen molar-refractivity contribution in [2.24, 2.45) is 10.8 Å². The van der Waals surface area contributed by atoms with Gasteiger partial charge in [0.15, 0.2) is 17.1 Å². The van der Waals surface area contributed by atoms with Gasteiger partial charge in [0, 0.05) is 59.7 Å². The van der Waals surface area contributed by atoms with E-state index in [-0.39, 0.29) is 47.9 Å². The molecule has 0 saturated heterocycles. The molecule has 6 aromatic rings. The van der Waals surface area contributed by atoms with E-state index in [4.69, 9.17) is 13.8 Å². The summed E-state index contributed by atoms with van der Waals surface area (Å²) in [6, 6.07) is 22.0. The van der Waals surface area contributed by atoms with Crippen molar-refractivity contribution >= 4 is 38.5 Å². The van der Waals surface area contributed by atoms with E-state index in [1.54, 1.807) is 18.7 Å². The Labute approximate surface area is 309 Å². The number of carbonyl (C=O) groups is 1. The SMILES string of the molecule is CC(C)(C)c1cc(-c2nccc3oc(-c4cc5ccoc5cn4)cc23)[c-]c2ccccc12.CCC(C)(CC)C(=O)/C=C(\O)C(C)(CC)CC.[Ir]. The summed E-state index contributed by atoms with van der Waals surface area (Å²) < 4.78 is 11.6. The third-order valence-electron chi connectivity index (χ3n) is 10.5. The summed E-state index contributed by atoms with van der Waals surface area (Å²) >= 11 is 0. The largest absolute Gasteiger partial charge is 0.512 e. The molecule has 0 aliphatic rings. The molecule has 265 valence electrons. The first-order valence-corrected chi connectivity index (χ1v) is 17.4. The monoisotopic (exact) mass is 850 g/mol. The predicted octanol–water partition coefficient (Wildman–Crippen LogP) is 12.2. The summed E-state index contributed by atoms with van der Waals surface area (Å²) in [7, 11) is 0. The van der Waals surface area contributed by atoms with Gasteiger partial charge in [-0.2, -0.15) is 0 Å². The molecule has 6 rings (SSSR count). The fourth-order valence-electron chi connectivity index (χ4n) is 5.97. The van der Waals surface area contributed by atoms with E-state index in [2.05, 4.69) is 62.2 Å². The van der Waals surface area contributed by atoms with E-state index in [0.717, 1.165) is 70.0 Å². The molecule has 7 heteroatoms. The second-order valence-electron chi connectivity index (χ2n) is 14.5. The van der Waals surface area contributed by atoms with Gasteiger partial charge >= 0.3 is 0 Å². The third-order valence-corrected chi connectivity index (χ3v) is 10.5. The number of aliphatic hydroxyl groups is 1. The fourth-order valence-corrected chi connectivity index (χ4v) is 5.97. The van der Waals surface area contributed by atoms with Gasteiger partial charge < -0.3 is 13.9 Å². The third kappa shape index (κ3) is 7.80. The molecule has 0 aliphatic heterocycles. The van der Waals surface area contributed by atoms with Crippen LogP contribution < -0.4 is 0 Å². The molecule has 0 saturated carbocycles. The molecular formula is C43H49IrN2O4-. The molecule has 1 radical (unpaired) electrons. The fraction of sp³-hybridized carbons (Fsp3) is 0.372. The van der Waals surface area contributed by atoms with Gasteiger partial charge in [-0.1, -0.05) is 91.5 Å². The first kappa shape index (κ1) is 38.7. The van der Waals surface area contributed by atoms with E-state index < -0.39 is 0 Å². The maximum atomic E-state index is 12.2. The molecule has 1 N–H and O–H groups in total. The van der Waals surface area contributed by atoms with Gasteiger partial charge in [-0.15, -0.1) is 29.1 Å². The number of aromatic nitrogens is 2. The molecule has 6 nitrogen and oxygen atoms in total. The quantitative estimate of drug-likeness (QED) is 0.0885. The number of aliphatic hydroxyl groups excluding tert-OH is 1. The minimum absolute atomic E-state index is 0. The molecule has 0 spiro atoms. The van der Waals surface area contributed by atoms with Crippen LogP contribution in [0.5, 0.6) is 0 Å². The van der Waals surface area contributed by atoms with Gasteiger partial charge in [0.1, 0.15) is 17.0 Å². The molecule has 0 atom stereocenters. The Hall–Kier alpha value is -4.06. The van der Waals surface area contributed by atoms with Crippen LogP contribution in [-0.2, 0) is 30.3 Å². The Morgan fingerprint density at radius 3 is 2.18 bits per heavy atom. The van der Waals surface area contributed by atoms with Crippen molar-refractivity contribution in [1.29, 1.82) is 0 Å². The van der Waals surface area contributed by atoms with Gasteiger partial charge in [0.2, 0.25) is 0 Å². The van der Waals surface area contributed by atoms with Crippen LogP contribution in [0, 0.1) is 16.9 Å². The molecule has 0 bridgehead atoms. The number of allylic oxidation sites excluding steroid dienone is 2. The predicted molar refractivity (Wildman–Crippen MR) is 201 cm³/mol. The maximum absolute atomic E-state index is 12.2. The van der Waals surface area contributed by atoms with Gasteiger partial charge in [0.05, 0.1) is 12.5 Å². The van der Waals surface area contributed by atoms with Crippen LogP contribution >= 0.6 is 0 Å². The molecule has 0 aliphatic carbocycles. The van der Waals surface area contributed by atoms with Crippen LogP contribution in [0.4, 0.5) is 0 Å². The Bertz CT molecular complexity index is 2120. The van der Waals surface area contributed by atoms with E-state index in [0.29, 0.717) is 5.76 Å². The van der Waals surface area contributed by atoms with Crippen molar-refractivity contribution in [3.63, 3.8) is 0 Å².